The van der Waals surface area contributed by atoms with Crippen LogP contribution in [0, 0.1) is 5.92 Å². The van der Waals surface area contributed by atoms with E-state index >= 15 is 0 Å². The van der Waals surface area contributed by atoms with Crippen molar-refractivity contribution in [2.75, 3.05) is 0 Å². The van der Waals surface area contributed by atoms with Gasteiger partial charge in [-0.1, -0.05) is 0 Å². The van der Waals surface area contributed by atoms with Gasteiger partial charge in [0.1, 0.15) is 5.76 Å². The second-order valence-electron chi connectivity index (χ2n) is 3.44. The Labute approximate surface area is 71.3 Å². The number of hydrogen-bond donors (Lipinski definition) is 2. The van der Waals surface area contributed by atoms with Crippen molar-refractivity contribution >= 4 is 0 Å². The third-order valence-electron chi connectivity index (χ3n) is 2.59. The topological polar surface area (TPSA) is 45.4 Å². The van der Waals surface area contributed by atoms with Gasteiger partial charge in [0.15, 0.2) is 0 Å². The van der Waals surface area contributed by atoms with E-state index in [1.165, 1.54) is 0 Å². The Bertz CT molecular complexity index is 245. The summed E-state index contributed by atoms with van der Waals surface area (Å²) in [6.45, 7) is 1.98. The minimum Gasteiger partial charge on any atom is -0.469 e. The first kappa shape index (κ1) is 7.83. The van der Waals surface area contributed by atoms with Gasteiger partial charge in [-0.05, 0) is 31.4 Å². The largest absolute Gasteiger partial charge is 0.469 e. The Hall–Kier alpha value is -0.800. The van der Waals surface area contributed by atoms with Crippen LogP contribution in [0.2, 0.25) is 0 Å². The van der Waals surface area contributed by atoms with E-state index in [2.05, 4.69) is 5.48 Å². The SMILES string of the molecule is CC(NO)[C@@H]1C[C@H]1c1ccco1. The van der Waals surface area contributed by atoms with Crippen LogP contribution in [0.3, 0.4) is 0 Å². The van der Waals surface area contributed by atoms with Crippen LogP contribution in [0.4, 0.5) is 0 Å². The highest BCUT2D eigenvalue weighted by atomic mass is 16.5. The summed E-state index contributed by atoms with van der Waals surface area (Å²) in [7, 11) is 0. The van der Waals surface area contributed by atoms with Gasteiger partial charge < -0.3 is 9.62 Å². The van der Waals surface area contributed by atoms with Crippen molar-refractivity contribution in [3.05, 3.63) is 24.2 Å². The lowest BCUT2D eigenvalue weighted by Crippen LogP contribution is -2.24. The zero-order valence-electron chi connectivity index (χ0n) is 7.03. The molecule has 3 nitrogen and oxygen atoms in total. The van der Waals surface area contributed by atoms with Gasteiger partial charge in [0.25, 0.3) is 0 Å². The molecule has 0 bridgehead atoms. The molecule has 0 aliphatic heterocycles. The number of hydroxylamine groups is 1. The molecular formula is C9H13NO2. The zero-order chi connectivity index (χ0) is 8.55. The predicted molar refractivity (Wildman–Crippen MR) is 43.9 cm³/mol. The Kier molecular flexibility index (Phi) is 1.90. The fourth-order valence-electron chi connectivity index (χ4n) is 1.69. The Morgan fingerprint density at radius 2 is 2.58 bits per heavy atom. The predicted octanol–water partition coefficient (Wildman–Crippen LogP) is 1.75. The summed E-state index contributed by atoms with van der Waals surface area (Å²) in [5.41, 5.74) is 2.28. The van der Waals surface area contributed by atoms with Gasteiger partial charge >= 0.3 is 0 Å². The van der Waals surface area contributed by atoms with E-state index in [4.69, 9.17) is 9.62 Å². The molecule has 0 amide bonds. The molecule has 0 radical (unpaired) electrons. The Morgan fingerprint density at radius 3 is 3.17 bits per heavy atom. The highest BCUT2D eigenvalue weighted by Crippen LogP contribution is 2.49. The van der Waals surface area contributed by atoms with E-state index in [1.807, 2.05) is 19.1 Å². The third-order valence-corrected chi connectivity index (χ3v) is 2.59. The van der Waals surface area contributed by atoms with Gasteiger partial charge in [-0.3, -0.25) is 0 Å². The number of furan rings is 1. The molecule has 1 saturated carbocycles. The van der Waals surface area contributed by atoms with Gasteiger partial charge in [-0.25, -0.2) is 5.48 Å². The van der Waals surface area contributed by atoms with Gasteiger partial charge in [0, 0.05) is 12.0 Å². The second-order valence-corrected chi connectivity index (χ2v) is 3.44. The van der Waals surface area contributed by atoms with Crippen molar-refractivity contribution in [1.29, 1.82) is 0 Å². The maximum atomic E-state index is 8.68. The maximum absolute atomic E-state index is 8.68. The molecule has 3 heteroatoms. The molecule has 12 heavy (non-hydrogen) atoms. The van der Waals surface area contributed by atoms with E-state index in [-0.39, 0.29) is 6.04 Å². The average Bonchev–Trinajstić information content (AvgIpc) is 2.71. The molecule has 1 aliphatic rings. The summed E-state index contributed by atoms with van der Waals surface area (Å²) in [5, 5.41) is 8.68. The zero-order valence-corrected chi connectivity index (χ0v) is 7.03. The molecule has 1 heterocycles. The highest BCUT2D eigenvalue weighted by Gasteiger charge is 2.43. The maximum Gasteiger partial charge on any atom is 0.107 e. The van der Waals surface area contributed by atoms with Crippen molar-refractivity contribution in [3.8, 4) is 0 Å². The smallest absolute Gasteiger partial charge is 0.107 e. The van der Waals surface area contributed by atoms with Crippen molar-refractivity contribution in [2.24, 2.45) is 5.92 Å². The van der Waals surface area contributed by atoms with Gasteiger partial charge in [-0.15, -0.1) is 0 Å². The fraction of sp³-hybridized carbons (Fsp3) is 0.556. The van der Waals surface area contributed by atoms with Gasteiger partial charge in [0.2, 0.25) is 0 Å². The molecule has 0 aromatic carbocycles. The summed E-state index contributed by atoms with van der Waals surface area (Å²) in [6, 6.07) is 4.07. The molecule has 1 aromatic heterocycles. The van der Waals surface area contributed by atoms with Crippen LogP contribution in [-0.2, 0) is 0 Å². The van der Waals surface area contributed by atoms with E-state index in [0.29, 0.717) is 11.8 Å². The summed E-state index contributed by atoms with van der Waals surface area (Å²) in [5.74, 6) is 2.08. The first-order valence-electron chi connectivity index (χ1n) is 4.26. The molecule has 3 atom stereocenters. The van der Waals surface area contributed by atoms with Crippen LogP contribution < -0.4 is 5.48 Å². The molecule has 0 saturated heterocycles. The molecule has 2 rings (SSSR count). The number of hydrogen-bond acceptors (Lipinski definition) is 3. The highest BCUT2D eigenvalue weighted by molar-refractivity contribution is 5.16. The fourth-order valence-corrected chi connectivity index (χ4v) is 1.69. The van der Waals surface area contributed by atoms with Crippen LogP contribution >= 0.6 is 0 Å². The lowest BCUT2D eigenvalue weighted by molar-refractivity contribution is 0.122. The summed E-state index contributed by atoms with van der Waals surface area (Å²) >= 11 is 0. The monoisotopic (exact) mass is 167 g/mol. The van der Waals surface area contributed by atoms with Crippen molar-refractivity contribution in [3.63, 3.8) is 0 Å². The van der Waals surface area contributed by atoms with Crippen LogP contribution in [0.15, 0.2) is 22.8 Å². The van der Waals surface area contributed by atoms with Crippen LogP contribution in [0.1, 0.15) is 25.0 Å². The van der Waals surface area contributed by atoms with E-state index < -0.39 is 0 Å². The first-order chi connectivity index (χ1) is 5.83. The van der Waals surface area contributed by atoms with E-state index in [1.54, 1.807) is 6.26 Å². The summed E-state index contributed by atoms with van der Waals surface area (Å²) in [6.07, 6.45) is 2.81. The molecule has 1 unspecified atom stereocenters. The van der Waals surface area contributed by atoms with Crippen LogP contribution in [0.25, 0.3) is 0 Å². The summed E-state index contributed by atoms with van der Waals surface area (Å²) in [4.78, 5) is 0. The molecule has 66 valence electrons. The minimum atomic E-state index is 0.167. The molecule has 1 aliphatic carbocycles. The third kappa shape index (κ3) is 1.26. The van der Waals surface area contributed by atoms with Crippen molar-refractivity contribution in [1.82, 2.24) is 5.48 Å². The average molecular weight is 167 g/mol. The summed E-state index contributed by atoms with van der Waals surface area (Å²) < 4.78 is 5.27. The standard InChI is InChI=1S/C9H13NO2/c1-6(10-11)7-5-8(7)9-3-2-4-12-9/h2-4,6-8,10-11H,5H2,1H3/t6?,7-,8+/m0/s1. The normalized spacial score (nSPS) is 30.2. The Balaban J connectivity index is 1.96. The minimum absolute atomic E-state index is 0.167. The van der Waals surface area contributed by atoms with E-state index in [9.17, 15) is 0 Å². The van der Waals surface area contributed by atoms with Gasteiger partial charge in [0.05, 0.1) is 6.26 Å². The van der Waals surface area contributed by atoms with E-state index in [0.717, 1.165) is 12.2 Å². The second kappa shape index (κ2) is 2.92. The van der Waals surface area contributed by atoms with Crippen molar-refractivity contribution in [2.45, 2.75) is 25.3 Å². The first-order valence-corrected chi connectivity index (χ1v) is 4.26. The van der Waals surface area contributed by atoms with Crippen LogP contribution in [-0.4, -0.2) is 11.2 Å². The van der Waals surface area contributed by atoms with Crippen LogP contribution in [0.5, 0.6) is 0 Å². The Morgan fingerprint density at radius 1 is 1.75 bits per heavy atom. The van der Waals surface area contributed by atoms with Crippen molar-refractivity contribution < 1.29 is 9.62 Å². The number of rotatable bonds is 3. The number of nitrogens with one attached hydrogen (secondary N) is 1. The molecular weight excluding hydrogens is 154 g/mol. The molecule has 2 N–H and O–H groups in total. The lowest BCUT2D eigenvalue weighted by Gasteiger charge is -2.06. The quantitative estimate of drug-likeness (QED) is 0.674. The molecule has 1 fully saturated rings. The molecule has 1 aromatic rings. The molecule has 0 spiro atoms. The lowest BCUT2D eigenvalue weighted by atomic mass is 10.1. The van der Waals surface area contributed by atoms with Gasteiger partial charge in [-0.2, -0.15) is 0 Å².